The SMILES string of the molecule is CCCCCCCCCCCCCSCC(=O)[O][Sn]([CH3])([O]C(=O)CSCCCCCCCCCCCCC)[O]C(=O)CSCCCCCCCCCCCCC. The van der Waals surface area contributed by atoms with Gasteiger partial charge >= 0.3 is 271 Å². The van der Waals surface area contributed by atoms with E-state index in [1.165, 1.54) is 193 Å². The van der Waals surface area contributed by atoms with E-state index in [4.69, 9.17) is 9.22 Å². The average molecular weight is 954 g/mol. The molecule has 0 aliphatic heterocycles. The van der Waals surface area contributed by atoms with E-state index in [2.05, 4.69) is 20.8 Å². The Hall–Kier alpha value is 0.259. The third-order valence-corrected chi connectivity index (χ3v) is 18.4. The monoisotopic (exact) mass is 954 g/mol. The van der Waals surface area contributed by atoms with Gasteiger partial charge in [0.15, 0.2) is 0 Å². The first kappa shape index (κ1) is 56.3. The van der Waals surface area contributed by atoms with Crippen LogP contribution in [0.3, 0.4) is 0 Å². The molecule has 0 heterocycles. The van der Waals surface area contributed by atoms with Gasteiger partial charge in [0.2, 0.25) is 0 Å². The van der Waals surface area contributed by atoms with Crippen molar-refractivity contribution < 1.29 is 23.6 Å². The second-order valence-electron chi connectivity index (χ2n) is 16.0. The molecule has 56 heavy (non-hydrogen) atoms. The fourth-order valence-corrected chi connectivity index (χ4v) is 14.6. The molecule has 0 aromatic carbocycles. The Bertz CT molecular complexity index is 772. The number of thioether (sulfide) groups is 3. The summed E-state index contributed by atoms with van der Waals surface area (Å²) in [7, 11) is 0. The Morgan fingerprint density at radius 1 is 0.321 bits per heavy atom. The van der Waals surface area contributed by atoms with Crippen LogP contribution in [0.5, 0.6) is 0 Å². The predicted octanol–water partition coefficient (Wildman–Crippen LogP) is 15.3. The van der Waals surface area contributed by atoms with Crippen LogP contribution >= 0.6 is 35.3 Å². The summed E-state index contributed by atoms with van der Waals surface area (Å²) in [6.45, 7) is 6.78. The third kappa shape index (κ3) is 42.4. The topological polar surface area (TPSA) is 78.9 Å². The van der Waals surface area contributed by atoms with Gasteiger partial charge in [-0.05, 0) is 0 Å². The van der Waals surface area contributed by atoms with E-state index in [1.807, 2.05) is 0 Å². The van der Waals surface area contributed by atoms with Gasteiger partial charge in [-0.15, -0.1) is 0 Å². The smallest absolute Gasteiger partial charge is 0.0654 e. The first-order chi connectivity index (χ1) is 27.4. The van der Waals surface area contributed by atoms with Crippen molar-refractivity contribution in [3.8, 4) is 0 Å². The van der Waals surface area contributed by atoms with Gasteiger partial charge < -0.3 is 0 Å². The van der Waals surface area contributed by atoms with Crippen LogP contribution in [-0.2, 0) is 23.6 Å². The first-order valence-corrected chi connectivity index (χ1v) is 33.6. The number of hydrogen-bond acceptors (Lipinski definition) is 9. The van der Waals surface area contributed by atoms with E-state index in [1.54, 1.807) is 40.2 Å². The molecule has 0 bridgehead atoms. The van der Waals surface area contributed by atoms with Gasteiger partial charge in [0.25, 0.3) is 0 Å². The zero-order valence-electron chi connectivity index (χ0n) is 37.3. The standard InChI is InChI=1S/3C15H30O2S.CH3.Sn/c3*1-2-3-4-5-6-7-8-9-10-11-12-13-18-14-15(16)17;;/h3*2-14H2,1H3,(H,16,17);1H3;/q;;;;+3/p-3. The molecule has 0 rings (SSSR count). The van der Waals surface area contributed by atoms with Gasteiger partial charge in [-0.25, -0.2) is 0 Å². The zero-order chi connectivity index (χ0) is 41.1. The van der Waals surface area contributed by atoms with Crippen molar-refractivity contribution in [1.29, 1.82) is 0 Å². The summed E-state index contributed by atoms with van der Waals surface area (Å²) >= 11 is -0.101. The van der Waals surface area contributed by atoms with Crippen molar-refractivity contribution in [3.05, 3.63) is 0 Å². The van der Waals surface area contributed by atoms with E-state index < -0.39 is 37.5 Å². The third-order valence-electron chi connectivity index (χ3n) is 10.2. The fraction of sp³-hybridized carbons (Fsp3) is 0.935. The summed E-state index contributed by atoms with van der Waals surface area (Å²) in [6.07, 6.45) is 42.7. The molecule has 0 unspecified atom stereocenters. The van der Waals surface area contributed by atoms with Crippen molar-refractivity contribution in [2.45, 2.75) is 238 Å². The Kier molecular flexibility index (Phi) is 45.0. The molecule has 0 N–H and O–H groups in total. The number of carbonyl (C=O) groups is 3. The van der Waals surface area contributed by atoms with E-state index >= 15 is 0 Å². The fourth-order valence-electron chi connectivity index (χ4n) is 6.84. The molecule has 332 valence electrons. The average Bonchev–Trinajstić information content (AvgIpc) is 3.17. The molecule has 0 aromatic rings. The molecule has 0 radical (unpaired) electrons. The molecule has 0 fully saturated rings. The van der Waals surface area contributed by atoms with Gasteiger partial charge in [-0.3, -0.25) is 0 Å². The molecule has 0 spiro atoms. The molecule has 6 nitrogen and oxygen atoms in total. The summed E-state index contributed by atoms with van der Waals surface area (Å²) in [5.41, 5.74) is 0. The maximum absolute atomic E-state index is 12.9. The van der Waals surface area contributed by atoms with Gasteiger partial charge in [-0.1, -0.05) is 97.8 Å². The Labute approximate surface area is 366 Å². The molecule has 0 atom stereocenters. The number of hydrogen-bond donors (Lipinski definition) is 0. The van der Waals surface area contributed by atoms with Crippen LogP contribution in [0.4, 0.5) is 0 Å². The van der Waals surface area contributed by atoms with E-state index in [-0.39, 0.29) is 17.3 Å². The summed E-state index contributed by atoms with van der Waals surface area (Å²) in [5.74, 6) is 1.88. The summed E-state index contributed by atoms with van der Waals surface area (Å²) in [5, 5.41) is 0. The zero-order valence-corrected chi connectivity index (χ0v) is 42.6. The van der Waals surface area contributed by atoms with Gasteiger partial charge in [0.1, 0.15) is 0 Å². The second-order valence-corrected chi connectivity index (χ2v) is 26.0. The first-order valence-electron chi connectivity index (χ1n) is 23.8. The van der Waals surface area contributed by atoms with Crippen LogP contribution in [0.25, 0.3) is 0 Å². The van der Waals surface area contributed by atoms with Crippen molar-refractivity contribution in [1.82, 2.24) is 0 Å². The minimum Gasteiger partial charge on any atom is -0.0654 e. The maximum atomic E-state index is 12.9. The number of carbonyl (C=O) groups excluding carboxylic acids is 3. The van der Waals surface area contributed by atoms with Gasteiger partial charge in [0, 0.05) is 0 Å². The molecule has 0 saturated heterocycles. The summed E-state index contributed by atoms with van der Waals surface area (Å²) < 4.78 is 17.3. The van der Waals surface area contributed by atoms with Crippen molar-refractivity contribution in [3.63, 3.8) is 0 Å². The Balaban J connectivity index is 4.48. The Morgan fingerprint density at radius 3 is 0.696 bits per heavy atom. The quantitative estimate of drug-likeness (QED) is 0.0438. The van der Waals surface area contributed by atoms with Crippen LogP contribution in [0.1, 0.15) is 233 Å². The molecule has 0 aromatic heterocycles. The molecule has 0 saturated carbocycles. The van der Waals surface area contributed by atoms with E-state index in [0.29, 0.717) is 0 Å². The molecular formula is C46H90O6S3Sn. The normalized spacial score (nSPS) is 11.6. The van der Waals surface area contributed by atoms with Crippen molar-refractivity contribution in [2.75, 3.05) is 34.5 Å². The van der Waals surface area contributed by atoms with E-state index in [9.17, 15) is 14.4 Å². The van der Waals surface area contributed by atoms with Crippen LogP contribution < -0.4 is 0 Å². The number of rotatable bonds is 45. The minimum atomic E-state index is -4.76. The van der Waals surface area contributed by atoms with E-state index in [0.717, 1.165) is 36.5 Å². The van der Waals surface area contributed by atoms with Crippen LogP contribution in [0, 0.1) is 0 Å². The molecule has 10 heteroatoms. The van der Waals surface area contributed by atoms with Crippen LogP contribution in [-0.4, -0.2) is 72.0 Å². The van der Waals surface area contributed by atoms with Crippen LogP contribution in [0.15, 0.2) is 0 Å². The van der Waals surface area contributed by atoms with Gasteiger partial charge in [0.05, 0.1) is 0 Å². The second kappa shape index (κ2) is 44.8. The molecular weight excluding hydrogens is 863 g/mol. The summed E-state index contributed by atoms with van der Waals surface area (Å²) in [4.78, 5) is 40.3. The summed E-state index contributed by atoms with van der Waals surface area (Å²) in [6, 6.07) is 0. The number of unbranched alkanes of at least 4 members (excludes halogenated alkanes) is 30. The van der Waals surface area contributed by atoms with Crippen molar-refractivity contribution in [2.24, 2.45) is 0 Å². The van der Waals surface area contributed by atoms with Gasteiger partial charge in [-0.2, -0.15) is 0 Å². The molecule has 0 aliphatic rings. The minimum absolute atomic E-state index is 0.181. The molecule has 0 aliphatic carbocycles. The predicted molar refractivity (Wildman–Crippen MR) is 251 cm³/mol. The Morgan fingerprint density at radius 2 is 0.500 bits per heavy atom. The molecule has 0 amide bonds. The van der Waals surface area contributed by atoms with Crippen LogP contribution in [0.2, 0.25) is 4.94 Å². The van der Waals surface area contributed by atoms with Crippen molar-refractivity contribution >= 4 is 72.8 Å².